The summed E-state index contributed by atoms with van der Waals surface area (Å²) in [5.74, 6) is 0.765. The number of carbonyl (C=O) groups excluding carboxylic acids is 1. The number of hydrogen-bond acceptors (Lipinski definition) is 1. The first-order valence-corrected chi connectivity index (χ1v) is 7.39. The summed E-state index contributed by atoms with van der Waals surface area (Å²) in [5, 5.41) is 0. The molecule has 0 radical (unpaired) electrons. The molecule has 0 saturated heterocycles. The second-order valence-corrected chi connectivity index (χ2v) is 5.59. The summed E-state index contributed by atoms with van der Waals surface area (Å²) in [6.07, 6.45) is 7.94. The van der Waals surface area contributed by atoms with Crippen LogP contribution in [-0.2, 0) is 11.2 Å². The van der Waals surface area contributed by atoms with Gasteiger partial charge in [-0.1, -0.05) is 43.8 Å². The molecular weight excluding hydrogens is 246 g/mol. The summed E-state index contributed by atoms with van der Waals surface area (Å²) in [6, 6.07) is 10.6. The molecule has 2 heteroatoms. The average Bonchev–Trinajstić information content (AvgIpc) is 2.78. The molecule has 1 atom stereocenters. The van der Waals surface area contributed by atoms with Gasteiger partial charge >= 0.3 is 0 Å². The Morgan fingerprint density at radius 1 is 1.15 bits per heavy atom. The van der Waals surface area contributed by atoms with E-state index in [9.17, 15) is 4.79 Å². The fourth-order valence-corrected chi connectivity index (χ4v) is 2.54. The Morgan fingerprint density at radius 2 is 1.90 bits per heavy atom. The second kappa shape index (κ2) is 7.09. The van der Waals surface area contributed by atoms with Crippen LogP contribution in [0.5, 0.6) is 0 Å². The molecule has 2 rings (SSSR count). The number of nitrogens with zero attached hydrogens (tertiary/aromatic N) is 1. The third kappa shape index (κ3) is 4.09. The minimum Gasteiger partial charge on any atom is -0.309 e. The van der Waals surface area contributed by atoms with Crippen LogP contribution in [0.3, 0.4) is 0 Å². The zero-order chi connectivity index (χ0) is 14.4. The van der Waals surface area contributed by atoms with Crippen LogP contribution in [0.15, 0.2) is 54.8 Å². The highest BCUT2D eigenvalue weighted by molar-refractivity contribution is 5.92. The molecule has 0 fully saturated rings. The fourth-order valence-electron chi connectivity index (χ4n) is 2.54. The molecule has 2 nitrogen and oxygen atoms in total. The first-order chi connectivity index (χ1) is 9.66. The Hall–Kier alpha value is -1.83. The van der Waals surface area contributed by atoms with Gasteiger partial charge in [-0.25, -0.2) is 0 Å². The highest BCUT2D eigenvalue weighted by Crippen LogP contribution is 2.18. The number of allylic oxidation sites excluding steroid dienone is 1. The van der Waals surface area contributed by atoms with Crippen molar-refractivity contribution in [2.24, 2.45) is 5.92 Å². The van der Waals surface area contributed by atoms with Crippen molar-refractivity contribution in [3.63, 3.8) is 0 Å². The van der Waals surface area contributed by atoms with Crippen LogP contribution in [-0.4, -0.2) is 17.4 Å². The third-order valence-corrected chi connectivity index (χ3v) is 3.88. The van der Waals surface area contributed by atoms with Gasteiger partial charge < -0.3 is 4.90 Å². The van der Waals surface area contributed by atoms with Crippen molar-refractivity contribution in [2.45, 2.75) is 32.6 Å². The van der Waals surface area contributed by atoms with E-state index in [2.05, 4.69) is 43.8 Å². The third-order valence-electron chi connectivity index (χ3n) is 3.88. The Bertz CT molecular complexity index is 471. The van der Waals surface area contributed by atoms with Crippen LogP contribution in [0.25, 0.3) is 0 Å². The zero-order valence-electron chi connectivity index (χ0n) is 12.2. The Balaban J connectivity index is 1.64. The van der Waals surface area contributed by atoms with Crippen LogP contribution in [0.2, 0.25) is 0 Å². The highest BCUT2D eigenvalue weighted by atomic mass is 16.2. The van der Waals surface area contributed by atoms with Gasteiger partial charge in [0.15, 0.2) is 0 Å². The van der Waals surface area contributed by atoms with Crippen molar-refractivity contribution in [3.05, 3.63) is 60.3 Å². The molecular formula is C18H23NO. The van der Waals surface area contributed by atoms with Gasteiger partial charge in [0.25, 0.3) is 5.91 Å². The molecule has 106 valence electrons. The van der Waals surface area contributed by atoms with E-state index in [1.807, 2.05) is 0 Å². The first-order valence-electron chi connectivity index (χ1n) is 7.39. The monoisotopic (exact) mass is 269 g/mol. The summed E-state index contributed by atoms with van der Waals surface area (Å²) in [4.78, 5) is 13.3. The molecule has 0 spiro atoms. The smallest absolute Gasteiger partial charge is 0.251 e. The summed E-state index contributed by atoms with van der Waals surface area (Å²) in [7, 11) is 0. The van der Waals surface area contributed by atoms with Gasteiger partial charge in [-0.2, -0.15) is 0 Å². The zero-order valence-corrected chi connectivity index (χ0v) is 12.2. The molecule has 20 heavy (non-hydrogen) atoms. The molecule has 1 aromatic rings. The topological polar surface area (TPSA) is 20.3 Å². The SMILES string of the molecule is C=C1C=CC(=O)N1CCCC(C)CCc1ccccc1. The minimum absolute atomic E-state index is 0.0759. The van der Waals surface area contributed by atoms with Gasteiger partial charge in [-0.3, -0.25) is 4.79 Å². The summed E-state index contributed by atoms with van der Waals surface area (Å²) in [6.45, 7) is 6.96. The van der Waals surface area contributed by atoms with E-state index in [4.69, 9.17) is 0 Å². The van der Waals surface area contributed by atoms with Crippen LogP contribution >= 0.6 is 0 Å². The predicted molar refractivity (Wildman–Crippen MR) is 83.2 cm³/mol. The number of aryl methyl sites for hydroxylation is 1. The maximum atomic E-state index is 11.5. The molecule has 1 aromatic carbocycles. The number of amides is 1. The molecule has 1 heterocycles. The van der Waals surface area contributed by atoms with Gasteiger partial charge in [-0.05, 0) is 43.2 Å². The van der Waals surface area contributed by atoms with Crippen LogP contribution < -0.4 is 0 Å². The Morgan fingerprint density at radius 3 is 2.55 bits per heavy atom. The van der Waals surface area contributed by atoms with Crippen molar-refractivity contribution in [3.8, 4) is 0 Å². The highest BCUT2D eigenvalue weighted by Gasteiger charge is 2.17. The second-order valence-electron chi connectivity index (χ2n) is 5.59. The van der Waals surface area contributed by atoms with Gasteiger partial charge in [0.1, 0.15) is 0 Å². The van der Waals surface area contributed by atoms with E-state index in [-0.39, 0.29) is 5.91 Å². The van der Waals surface area contributed by atoms with E-state index >= 15 is 0 Å². The maximum Gasteiger partial charge on any atom is 0.251 e. The lowest BCUT2D eigenvalue weighted by Gasteiger charge is -2.18. The molecule has 1 unspecified atom stereocenters. The van der Waals surface area contributed by atoms with E-state index in [1.165, 1.54) is 12.0 Å². The average molecular weight is 269 g/mol. The van der Waals surface area contributed by atoms with Gasteiger partial charge in [0.05, 0.1) is 0 Å². The lowest BCUT2D eigenvalue weighted by molar-refractivity contribution is -0.123. The molecule has 0 N–H and O–H groups in total. The number of carbonyl (C=O) groups is 1. The van der Waals surface area contributed by atoms with E-state index in [1.54, 1.807) is 17.1 Å². The predicted octanol–water partition coefficient (Wildman–Crippen LogP) is 3.95. The lowest BCUT2D eigenvalue weighted by atomic mass is 9.97. The quantitative estimate of drug-likeness (QED) is 0.734. The van der Waals surface area contributed by atoms with Gasteiger partial charge in [0.2, 0.25) is 0 Å². The molecule has 0 aromatic heterocycles. The lowest BCUT2D eigenvalue weighted by Crippen LogP contribution is -2.25. The summed E-state index contributed by atoms with van der Waals surface area (Å²) in [5.41, 5.74) is 2.23. The molecule has 0 aliphatic carbocycles. The minimum atomic E-state index is 0.0759. The first kappa shape index (κ1) is 14.6. The largest absolute Gasteiger partial charge is 0.309 e. The molecule has 0 bridgehead atoms. The number of hydrogen-bond donors (Lipinski definition) is 0. The van der Waals surface area contributed by atoms with E-state index in [0.29, 0.717) is 5.92 Å². The van der Waals surface area contributed by atoms with Gasteiger partial charge in [0, 0.05) is 18.3 Å². The molecule has 1 aliphatic heterocycles. The normalized spacial score (nSPS) is 15.9. The summed E-state index contributed by atoms with van der Waals surface area (Å²) >= 11 is 0. The van der Waals surface area contributed by atoms with Crippen LogP contribution in [0.4, 0.5) is 0 Å². The molecule has 0 saturated carbocycles. The van der Waals surface area contributed by atoms with E-state index in [0.717, 1.165) is 31.5 Å². The van der Waals surface area contributed by atoms with Gasteiger partial charge in [-0.15, -0.1) is 0 Å². The fraction of sp³-hybridized carbons (Fsp3) is 0.389. The molecule has 1 aliphatic rings. The Labute approximate surface area is 121 Å². The standard InChI is InChI=1S/C18H23NO/c1-15(10-12-17-8-4-3-5-9-17)7-6-14-19-16(2)11-13-18(19)20/h3-5,8-9,11,13,15H,2,6-7,10,12,14H2,1H3. The maximum absolute atomic E-state index is 11.5. The van der Waals surface area contributed by atoms with Crippen LogP contribution in [0.1, 0.15) is 31.7 Å². The van der Waals surface area contributed by atoms with Crippen molar-refractivity contribution >= 4 is 5.91 Å². The van der Waals surface area contributed by atoms with Crippen molar-refractivity contribution in [2.75, 3.05) is 6.54 Å². The summed E-state index contributed by atoms with van der Waals surface area (Å²) < 4.78 is 0. The van der Waals surface area contributed by atoms with Crippen molar-refractivity contribution in [1.29, 1.82) is 0 Å². The molecule has 1 amide bonds. The number of benzene rings is 1. The number of rotatable bonds is 7. The van der Waals surface area contributed by atoms with Crippen molar-refractivity contribution < 1.29 is 4.79 Å². The van der Waals surface area contributed by atoms with E-state index < -0.39 is 0 Å². The van der Waals surface area contributed by atoms with Crippen LogP contribution in [0, 0.1) is 5.92 Å². The Kier molecular flexibility index (Phi) is 5.16. The van der Waals surface area contributed by atoms with Crippen molar-refractivity contribution in [1.82, 2.24) is 4.90 Å².